The molecule has 0 aliphatic heterocycles. The summed E-state index contributed by atoms with van der Waals surface area (Å²) < 4.78 is 10.6. The highest BCUT2D eigenvalue weighted by atomic mass is 16.5. The van der Waals surface area contributed by atoms with Crippen molar-refractivity contribution >= 4 is 0 Å². The Morgan fingerprint density at radius 1 is 1.00 bits per heavy atom. The lowest BCUT2D eigenvalue weighted by atomic mass is 10.2. The third kappa shape index (κ3) is 3.42. The average molecular weight is 212 g/mol. The van der Waals surface area contributed by atoms with Crippen LogP contribution in [-0.4, -0.2) is 36.6 Å². The van der Waals surface area contributed by atoms with E-state index >= 15 is 0 Å². The Morgan fingerprint density at radius 2 is 1.47 bits per heavy atom. The van der Waals surface area contributed by atoms with Crippen molar-refractivity contribution in [3.05, 3.63) is 23.8 Å². The number of hydrogen-bond acceptors (Lipinski definition) is 4. The van der Waals surface area contributed by atoms with Crippen molar-refractivity contribution in [3.63, 3.8) is 0 Å². The molecule has 0 fully saturated rings. The molecule has 0 atom stereocenters. The van der Waals surface area contributed by atoms with Crippen molar-refractivity contribution in [1.29, 1.82) is 0 Å². The van der Waals surface area contributed by atoms with E-state index in [4.69, 9.17) is 19.7 Å². The lowest BCUT2D eigenvalue weighted by Crippen LogP contribution is -2.06. The fraction of sp³-hybridized carbons (Fsp3) is 0.455. The van der Waals surface area contributed by atoms with E-state index in [0.29, 0.717) is 11.5 Å². The van der Waals surface area contributed by atoms with Gasteiger partial charge in [-0.15, -0.1) is 0 Å². The highest BCUT2D eigenvalue weighted by Crippen LogP contribution is 2.27. The third-order valence-electron chi connectivity index (χ3n) is 1.93. The maximum absolute atomic E-state index is 8.64. The molecule has 0 aliphatic rings. The Balaban J connectivity index is 2.71. The van der Waals surface area contributed by atoms with Gasteiger partial charge in [-0.1, -0.05) is 6.07 Å². The van der Waals surface area contributed by atoms with Crippen LogP contribution in [0.5, 0.6) is 11.5 Å². The zero-order chi connectivity index (χ0) is 11.1. The molecule has 0 unspecified atom stereocenters. The third-order valence-corrected chi connectivity index (χ3v) is 1.93. The van der Waals surface area contributed by atoms with Gasteiger partial charge >= 0.3 is 0 Å². The molecule has 0 heterocycles. The SMILES string of the molecule is Cc1c(OCCO)cccc1OCCO. The average Bonchev–Trinajstić information content (AvgIpc) is 2.26. The summed E-state index contributed by atoms with van der Waals surface area (Å²) in [7, 11) is 0. The lowest BCUT2D eigenvalue weighted by molar-refractivity contribution is 0.193. The largest absolute Gasteiger partial charge is 0.491 e. The smallest absolute Gasteiger partial charge is 0.126 e. The van der Waals surface area contributed by atoms with Crippen LogP contribution in [-0.2, 0) is 0 Å². The predicted octanol–water partition coefficient (Wildman–Crippen LogP) is 0.737. The Hall–Kier alpha value is -1.26. The summed E-state index contributed by atoms with van der Waals surface area (Å²) in [4.78, 5) is 0. The van der Waals surface area contributed by atoms with Crippen molar-refractivity contribution in [1.82, 2.24) is 0 Å². The summed E-state index contributed by atoms with van der Waals surface area (Å²) in [6.07, 6.45) is 0. The Kier molecular flexibility index (Phi) is 4.93. The van der Waals surface area contributed by atoms with Crippen LogP contribution in [0, 0.1) is 6.92 Å². The molecule has 84 valence electrons. The van der Waals surface area contributed by atoms with Gasteiger partial charge < -0.3 is 19.7 Å². The first-order valence-electron chi connectivity index (χ1n) is 4.86. The van der Waals surface area contributed by atoms with E-state index in [-0.39, 0.29) is 26.4 Å². The first kappa shape index (κ1) is 11.8. The van der Waals surface area contributed by atoms with Gasteiger partial charge in [0, 0.05) is 5.56 Å². The van der Waals surface area contributed by atoms with E-state index in [1.54, 1.807) is 0 Å². The normalized spacial score (nSPS) is 10.1. The molecule has 0 aromatic heterocycles. The van der Waals surface area contributed by atoms with Crippen molar-refractivity contribution in [2.75, 3.05) is 26.4 Å². The van der Waals surface area contributed by atoms with Gasteiger partial charge in [0.05, 0.1) is 13.2 Å². The second kappa shape index (κ2) is 6.27. The zero-order valence-corrected chi connectivity index (χ0v) is 8.77. The maximum atomic E-state index is 8.64. The van der Waals surface area contributed by atoms with Gasteiger partial charge in [0.2, 0.25) is 0 Å². The van der Waals surface area contributed by atoms with E-state index in [2.05, 4.69) is 0 Å². The molecule has 1 aromatic carbocycles. The number of rotatable bonds is 6. The number of aliphatic hydroxyl groups excluding tert-OH is 2. The molecule has 4 nitrogen and oxygen atoms in total. The number of ether oxygens (including phenoxy) is 2. The van der Waals surface area contributed by atoms with Crippen molar-refractivity contribution in [3.8, 4) is 11.5 Å². The summed E-state index contributed by atoms with van der Waals surface area (Å²) in [5.41, 5.74) is 0.874. The van der Waals surface area contributed by atoms with Gasteiger partial charge in [-0.3, -0.25) is 0 Å². The van der Waals surface area contributed by atoms with Crippen LogP contribution in [0.3, 0.4) is 0 Å². The van der Waals surface area contributed by atoms with Gasteiger partial charge in [0.15, 0.2) is 0 Å². The summed E-state index contributed by atoms with van der Waals surface area (Å²) in [6, 6.07) is 5.44. The van der Waals surface area contributed by atoms with E-state index in [1.807, 2.05) is 25.1 Å². The first-order chi connectivity index (χ1) is 7.29. The fourth-order valence-corrected chi connectivity index (χ4v) is 1.22. The first-order valence-corrected chi connectivity index (χ1v) is 4.86. The van der Waals surface area contributed by atoms with Gasteiger partial charge in [0.25, 0.3) is 0 Å². The van der Waals surface area contributed by atoms with E-state index in [1.165, 1.54) is 0 Å². The van der Waals surface area contributed by atoms with E-state index in [9.17, 15) is 0 Å². The minimum absolute atomic E-state index is 0.0127. The number of hydrogen-bond donors (Lipinski definition) is 2. The molecule has 0 radical (unpaired) electrons. The van der Waals surface area contributed by atoms with Crippen LogP contribution in [0.1, 0.15) is 5.56 Å². The van der Waals surface area contributed by atoms with Crippen LogP contribution in [0.4, 0.5) is 0 Å². The van der Waals surface area contributed by atoms with E-state index in [0.717, 1.165) is 5.56 Å². The number of aliphatic hydroxyl groups is 2. The molecule has 0 saturated heterocycles. The minimum Gasteiger partial charge on any atom is -0.491 e. The highest BCUT2D eigenvalue weighted by Gasteiger charge is 2.05. The predicted molar refractivity (Wildman–Crippen MR) is 56.3 cm³/mol. The van der Waals surface area contributed by atoms with Crippen molar-refractivity contribution in [2.24, 2.45) is 0 Å². The van der Waals surface area contributed by atoms with Gasteiger partial charge in [-0.2, -0.15) is 0 Å². The van der Waals surface area contributed by atoms with Crippen LogP contribution in [0.25, 0.3) is 0 Å². The van der Waals surface area contributed by atoms with E-state index < -0.39 is 0 Å². The molecular weight excluding hydrogens is 196 g/mol. The molecule has 15 heavy (non-hydrogen) atoms. The zero-order valence-electron chi connectivity index (χ0n) is 8.77. The molecule has 4 heteroatoms. The molecule has 0 aliphatic carbocycles. The van der Waals surface area contributed by atoms with Crippen LogP contribution in [0.15, 0.2) is 18.2 Å². The Labute approximate surface area is 89.1 Å². The summed E-state index contributed by atoms with van der Waals surface area (Å²) in [5.74, 6) is 1.39. The second-order valence-electron chi connectivity index (χ2n) is 3.02. The molecule has 1 aromatic rings. The monoisotopic (exact) mass is 212 g/mol. The van der Waals surface area contributed by atoms with Crippen LogP contribution < -0.4 is 9.47 Å². The quantitative estimate of drug-likeness (QED) is 0.730. The highest BCUT2D eigenvalue weighted by molar-refractivity contribution is 5.43. The van der Waals surface area contributed by atoms with Gasteiger partial charge in [-0.25, -0.2) is 0 Å². The lowest BCUT2D eigenvalue weighted by Gasteiger charge is -2.12. The molecule has 0 bridgehead atoms. The second-order valence-corrected chi connectivity index (χ2v) is 3.02. The molecular formula is C11H16O4. The molecule has 2 N–H and O–H groups in total. The molecule has 0 amide bonds. The van der Waals surface area contributed by atoms with Gasteiger partial charge in [-0.05, 0) is 19.1 Å². The minimum atomic E-state index is -0.0127. The van der Waals surface area contributed by atoms with Crippen LogP contribution in [0.2, 0.25) is 0 Å². The summed E-state index contributed by atoms with van der Waals surface area (Å²) in [6.45, 7) is 2.39. The van der Waals surface area contributed by atoms with Crippen molar-refractivity contribution in [2.45, 2.75) is 6.92 Å². The maximum Gasteiger partial charge on any atom is 0.126 e. The fourth-order valence-electron chi connectivity index (χ4n) is 1.22. The van der Waals surface area contributed by atoms with Crippen molar-refractivity contribution < 1.29 is 19.7 Å². The standard InChI is InChI=1S/C11H16O4/c1-9-10(14-7-5-12)3-2-4-11(9)15-8-6-13/h2-4,12-13H,5-8H2,1H3. The molecule has 0 saturated carbocycles. The summed E-state index contributed by atoms with van der Waals surface area (Å²) in [5, 5.41) is 17.3. The number of benzene rings is 1. The Bertz CT molecular complexity index is 272. The molecule has 0 spiro atoms. The van der Waals surface area contributed by atoms with Gasteiger partial charge in [0.1, 0.15) is 24.7 Å². The summed E-state index contributed by atoms with van der Waals surface area (Å²) >= 11 is 0. The topological polar surface area (TPSA) is 58.9 Å². The molecule has 1 rings (SSSR count). The Morgan fingerprint density at radius 3 is 1.87 bits per heavy atom. The van der Waals surface area contributed by atoms with Crippen LogP contribution >= 0.6 is 0 Å².